The Morgan fingerprint density at radius 3 is 2.66 bits per heavy atom. The largest absolute Gasteiger partial charge is 0.492 e. The molecule has 0 amide bonds. The van der Waals surface area contributed by atoms with Crippen molar-refractivity contribution in [2.24, 2.45) is 5.92 Å². The second-order valence-corrected chi connectivity index (χ2v) is 11.5. The summed E-state index contributed by atoms with van der Waals surface area (Å²) in [6.07, 6.45) is 4.07. The highest BCUT2D eigenvalue weighted by molar-refractivity contribution is 6.42. The van der Waals surface area contributed by atoms with E-state index in [-0.39, 0.29) is 25.3 Å². The molecule has 2 aromatic carbocycles. The van der Waals surface area contributed by atoms with Gasteiger partial charge in [-0.05, 0) is 55.6 Å². The summed E-state index contributed by atoms with van der Waals surface area (Å²) in [5.41, 5.74) is 2.63. The molecule has 0 saturated carbocycles. The second kappa shape index (κ2) is 11.6. The van der Waals surface area contributed by atoms with Gasteiger partial charge in [-0.25, -0.2) is 14.2 Å². The van der Waals surface area contributed by atoms with Gasteiger partial charge in [-0.15, -0.1) is 0 Å². The lowest BCUT2D eigenvalue weighted by atomic mass is 9.98. The Labute approximate surface area is 246 Å². The van der Waals surface area contributed by atoms with Gasteiger partial charge in [-0.1, -0.05) is 35.3 Å². The molecule has 41 heavy (non-hydrogen) atoms. The van der Waals surface area contributed by atoms with Gasteiger partial charge in [0, 0.05) is 42.4 Å². The van der Waals surface area contributed by atoms with Gasteiger partial charge in [0.2, 0.25) is 0 Å². The maximum Gasteiger partial charge on any atom is 0.334 e. The van der Waals surface area contributed by atoms with Crippen LogP contribution in [0.1, 0.15) is 30.3 Å². The summed E-state index contributed by atoms with van der Waals surface area (Å²) >= 11 is 13.4. The summed E-state index contributed by atoms with van der Waals surface area (Å²) in [6.45, 7) is 3.76. The summed E-state index contributed by atoms with van der Waals surface area (Å²) in [4.78, 5) is 19.0. The Balaban J connectivity index is 1.20. The Morgan fingerprint density at radius 2 is 1.95 bits per heavy atom. The number of aliphatic hydroxyl groups is 1. The number of piperidine rings is 1. The summed E-state index contributed by atoms with van der Waals surface area (Å²) in [5, 5.41) is 25.1. The second-order valence-electron chi connectivity index (χ2n) is 10.7. The SMILES string of the molecule is O=C(O)C(c1ncn2c1CC(F)C2)n1cc2c(Cl)cc(-c3ccc(OCCN4CCC(CO)CC4)cc3)c(Cl)c2n1. The van der Waals surface area contributed by atoms with Crippen LogP contribution in [0.25, 0.3) is 22.0 Å². The number of carboxylic acid groups (broad SMARTS) is 1. The van der Waals surface area contributed by atoms with E-state index in [1.54, 1.807) is 16.8 Å². The molecule has 4 heterocycles. The Bertz CT molecular complexity index is 1570. The third kappa shape index (κ3) is 5.53. The van der Waals surface area contributed by atoms with E-state index in [4.69, 9.17) is 27.9 Å². The summed E-state index contributed by atoms with van der Waals surface area (Å²) in [6, 6.07) is 8.02. The van der Waals surface area contributed by atoms with Crippen LogP contribution in [-0.2, 0) is 17.8 Å². The molecule has 1 fully saturated rings. The van der Waals surface area contributed by atoms with Gasteiger partial charge >= 0.3 is 5.97 Å². The summed E-state index contributed by atoms with van der Waals surface area (Å²) in [7, 11) is 0. The molecule has 2 aliphatic rings. The Kier molecular flexibility index (Phi) is 7.91. The van der Waals surface area contributed by atoms with E-state index in [9.17, 15) is 19.4 Å². The number of aliphatic carboxylic acids is 1. The van der Waals surface area contributed by atoms with Crippen LogP contribution in [0.15, 0.2) is 42.9 Å². The molecular weight excluding hydrogens is 572 g/mol. The molecule has 2 atom stereocenters. The number of ether oxygens (including phenoxy) is 1. The third-order valence-corrected chi connectivity index (χ3v) is 8.75. The first kappa shape index (κ1) is 28.0. The first-order valence-corrected chi connectivity index (χ1v) is 14.4. The van der Waals surface area contributed by atoms with Crippen molar-refractivity contribution in [2.75, 3.05) is 32.8 Å². The molecule has 6 rings (SSSR count). The number of halogens is 3. The van der Waals surface area contributed by atoms with Crippen LogP contribution in [0, 0.1) is 5.92 Å². The molecule has 0 radical (unpaired) electrons. The first-order valence-electron chi connectivity index (χ1n) is 13.7. The predicted molar refractivity (Wildman–Crippen MR) is 154 cm³/mol. The van der Waals surface area contributed by atoms with E-state index < -0.39 is 18.2 Å². The van der Waals surface area contributed by atoms with Crippen LogP contribution >= 0.6 is 23.2 Å². The fraction of sp³-hybridized carbons (Fsp3) is 0.414. The van der Waals surface area contributed by atoms with Gasteiger partial charge in [0.25, 0.3) is 0 Å². The van der Waals surface area contributed by atoms with E-state index in [1.807, 2.05) is 24.3 Å². The number of fused-ring (bicyclic) bond motifs is 2. The monoisotopic (exact) mass is 601 g/mol. The zero-order valence-electron chi connectivity index (χ0n) is 22.2. The molecule has 0 spiro atoms. The average Bonchev–Trinajstić information content (AvgIpc) is 3.67. The highest BCUT2D eigenvalue weighted by Crippen LogP contribution is 2.39. The molecule has 2 aliphatic heterocycles. The number of benzene rings is 2. The molecule has 0 aliphatic carbocycles. The number of aliphatic hydroxyl groups excluding tert-OH is 1. The third-order valence-electron chi connectivity index (χ3n) is 8.06. The van der Waals surface area contributed by atoms with Gasteiger partial charge in [0.15, 0.2) is 6.04 Å². The van der Waals surface area contributed by atoms with Crippen LogP contribution in [-0.4, -0.2) is 79.4 Å². The molecule has 9 nitrogen and oxygen atoms in total. The zero-order valence-corrected chi connectivity index (χ0v) is 23.7. The number of hydrogen-bond donors (Lipinski definition) is 2. The number of likely N-dealkylation sites (tertiary alicyclic amines) is 1. The van der Waals surface area contributed by atoms with Crippen LogP contribution < -0.4 is 4.74 Å². The smallest absolute Gasteiger partial charge is 0.334 e. The highest BCUT2D eigenvalue weighted by Gasteiger charge is 2.34. The number of aromatic nitrogens is 4. The zero-order chi connectivity index (χ0) is 28.7. The minimum absolute atomic E-state index is 0.106. The minimum Gasteiger partial charge on any atom is -0.492 e. The van der Waals surface area contributed by atoms with Crippen LogP contribution in [0.5, 0.6) is 5.75 Å². The number of nitrogens with zero attached hydrogens (tertiary/aromatic N) is 5. The lowest BCUT2D eigenvalue weighted by Gasteiger charge is -2.30. The van der Waals surface area contributed by atoms with Gasteiger partial charge in [-0.3, -0.25) is 9.58 Å². The van der Waals surface area contributed by atoms with Crippen molar-refractivity contribution < 1.29 is 24.1 Å². The number of imidazole rings is 1. The van der Waals surface area contributed by atoms with Crippen molar-refractivity contribution in [3.63, 3.8) is 0 Å². The standard InChI is InChI=1S/C29H30Cl2FN5O4/c30-23-12-21(18-1-3-20(4-2-18)41-10-9-35-7-5-17(15-38)6-8-35)25(31)26-22(23)14-37(34-26)28(29(39)40)27-24-11-19(32)13-36(24)16-33-27/h1-4,12,14,16-17,19,28,38H,5-11,13,15H2,(H,39,40). The maximum atomic E-state index is 14.0. The summed E-state index contributed by atoms with van der Waals surface area (Å²) in [5.74, 6) is -0.0207. The van der Waals surface area contributed by atoms with E-state index in [1.165, 1.54) is 11.0 Å². The van der Waals surface area contributed by atoms with Crippen LogP contribution in [0.4, 0.5) is 4.39 Å². The van der Waals surface area contributed by atoms with Gasteiger partial charge in [-0.2, -0.15) is 5.10 Å². The maximum absolute atomic E-state index is 14.0. The normalized spacial score (nSPS) is 18.6. The quantitative estimate of drug-likeness (QED) is 0.282. The molecule has 216 valence electrons. The van der Waals surface area contributed by atoms with Gasteiger partial charge in [0.1, 0.15) is 24.0 Å². The molecule has 1 saturated heterocycles. The fourth-order valence-electron chi connectivity index (χ4n) is 5.76. The van der Waals surface area contributed by atoms with E-state index in [0.29, 0.717) is 44.7 Å². The van der Waals surface area contributed by atoms with E-state index in [2.05, 4.69) is 15.0 Å². The minimum atomic E-state index is -1.25. The molecule has 0 bridgehead atoms. The van der Waals surface area contributed by atoms with E-state index in [0.717, 1.165) is 43.8 Å². The van der Waals surface area contributed by atoms with Crippen molar-refractivity contribution in [1.29, 1.82) is 0 Å². The number of carbonyl (C=O) groups is 1. The Hall–Kier alpha value is -3.18. The van der Waals surface area contributed by atoms with Crippen molar-refractivity contribution in [1.82, 2.24) is 24.2 Å². The average molecular weight is 602 g/mol. The summed E-state index contributed by atoms with van der Waals surface area (Å²) < 4.78 is 22.9. The molecule has 2 unspecified atom stereocenters. The van der Waals surface area contributed by atoms with Crippen molar-refractivity contribution in [3.05, 3.63) is 64.3 Å². The molecule has 4 aromatic rings. The van der Waals surface area contributed by atoms with Crippen LogP contribution in [0.2, 0.25) is 10.0 Å². The van der Waals surface area contributed by atoms with Gasteiger partial charge in [0.05, 0.1) is 28.6 Å². The lowest BCUT2D eigenvalue weighted by molar-refractivity contribution is -0.139. The Morgan fingerprint density at radius 1 is 1.20 bits per heavy atom. The fourth-order valence-corrected chi connectivity index (χ4v) is 6.31. The van der Waals surface area contributed by atoms with Gasteiger partial charge < -0.3 is 19.5 Å². The predicted octanol–water partition coefficient (Wildman–Crippen LogP) is 4.86. The van der Waals surface area contributed by atoms with Crippen molar-refractivity contribution in [3.8, 4) is 16.9 Å². The first-order chi connectivity index (χ1) is 19.8. The number of hydrogen-bond acceptors (Lipinski definition) is 6. The number of alkyl halides is 1. The molecule has 2 N–H and O–H groups in total. The number of rotatable bonds is 9. The van der Waals surface area contributed by atoms with E-state index >= 15 is 0 Å². The molecule has 12 heteroatoms. The lowest BCUT2D eigenvalue weighted by Crippen LogP contribution is -2.37. The van der Waals surface area contributed by atoms with Crippen molar-refractivity contribution in [2.45, 2.75) is 38.0 Å². The van der Waals surface area contributed by atoms with Crippen LogP contribution in [0.3, 0.4) is 0 Å². The van der Waals surface area contributed by atoms with Crippen molar-refractivity contribution >= 4 is 40.1 Å². The number of carboxylic acids is 1. The highest BCUT2D eigenvalue weighted by atomic mass is 35.5. The molecule has 2 aromatic heterocycles. The molecular formula is C29H30Cl2FN5O4. The topological polar surface area (TPSA) is 106 Å².